The van der Waals surface area contributed by atoms with E-state index in [-0.39, 0.29) is 11.7 Å². The first-order valence-electron chi connectivity index (χ1n) is 8.93. The van der Waals surface area contributed by atoms with Gasteiger partial charge in [0.1, 0.15) is 17.1 Å². The topological polar surface area (TPSA) is 78.6 Å². The number of phenols is 1. The SMILES string of the molecule is Cc1nc2c(O)c(CC[C@@H](O)c3ccccc3)c(C(=O)N(C)C)cc2n1C. The van der Waals surface area contributed by atoms with Crippen LogP contribution in [0.4, 0.5) is 0 Å². The average molecular weight is 367 g/mol. The number of amides is 1. The molecule has 1 atom stereocenters. The maximum Gasteiger partial charge on any atom is 0.253 e. The minimum absolute atomic E-state index is 0.0154. The highest BCUT2D eigenvalue weighted by Crippen LogP contribution is 2.34. The van der Waals surface area contributed by atoms with E-state index in [1.54, 1.807) is 20.2 Å². The molecule has 27 heavy (non-hydrogen) atoms. The number of aliphatic hydroxyl groups is 1. The molecule has 3 rings (SSSR count). The molecular formula is C21H25N3O3. The summed E-state index contributed by atoms with van der Waals surface area (Å²) in [5.41, 5.74) is 2.96. The van der Waals surface area contributed by atoms with E-state index in [0.717, 1.165) is 11.4 Å². The number of imidazole rings is 1. The lowest BCUT2D eigenvalue weighted by atomic mass is 9.96. The van der Waals surface area contributed by atoms with Gasteiger partial charge in [-0.15, -0.1) is 0 Å². The second-order valence-electron chi connectivity index (χ2n) is 7.00. The molecule has 3 aromatic rings. The minimum atomic E-state index is -0.672. The van der Waals surface area contributed by atoms with E-state index >= 15 is 0 Å². The summed E-state index contributed by atoms with van der Waals surface area (Å²) >= 11 is 0. The monoisotopic (exact) mass is 367 g/mol. The van der Waals surface area contributed by atoms with Crippen molar-refractivity contribution in [1.29, 1.82) is 0 Å². The van der Waals surface area contributed by atoms with Gasteiger partial charge >= 0.3 is 0 Å². The Morgan fingerprint density at radius 1 is 1.26 bits per heavy atom. The summed E-state index contributed by atoms with van der Waals surface area (Å²) in [6.07, 6.45) is 0.0828. The number of aromatic nitrogens is 2. The van der Waals surface area contributed by atoms with E-state index in [4.69, 9.17) is 0 Å². The standard InChI is InChI=1S/C21H25N3O3/c1-13-22-19-17(24(13)4)12-16(21(27)23(2)3)15(20(19)26)10-11-18(25)14-8-6-5-7-9-14/h5-9,12,18,25-26H,10-11H2,1-4H3/t18-/m1/s1. The molecule has 6 nitrogen and oxygen atoms in total. The van der Waals surface area contributed by atoms with Crippen molar-refractivity contribution < 1.29 is 15.0 Å². The van der Waals surface area contributed by atoms with E-state index in [9.17, 15) is 15.0 Å². The van der Waals surface area contributed by atoms with Gasteiger partial charge in [-0.25, -0.2) is 4.98 Å². The number of benzene rings is 2. The van der Waals surface area contributed by atoms with Crippen molar-refractivity contribution >= 4 is 16.9 Å². The van der Waals surface area contributed by atoms with Gasteiger partial charge in [0.2, 0.25) is 0 Å². The Morgan fingerprint density at radius 3 is 2.56 bits per heavy atom. The van der Waals surface area contributed by atoms with Gasteiger partial charge in [-0.1, -0.05) is 30.3 Å². The second kappa shape index (κ2) is 7.40. The molecule has 2 aromatic carbocycles. The predicted molar refractivity (Wildman–Crippen MR) is 105 cm³/mol. The first-order valence-corrected chi connectivity index (χ1v) is 8.93. The van der Waals surface area contributed by atoms with Crippen LogP contribution in [-0.2, 0) is 13.5 Å². The van der Waals surface area contributed by atoms with E-state index < -0.39 is 6.10 Å². The summed E-state index contributed by atoms with van der Waals surface area (Å²) < 4.78 is 1.85. The van der Waals surface area contributed by atoms with Crippen LogP contribution in [0, 0.1) is 6.92 Å². The van der Waals surface area contributed by atoms with Crippen LogP contribution in [0.25, 0.3) is 11.0 Å². The lowest BCUT2D eigenvalue weighted by Crippen LogP contribution is -2.23. The molecule has 0 radical (unpaired) electrons. The summed E-state index contributed by atoms with van der Waals surface area (Å²) in [6.45, 7) is 1.85. The van der Waals surface area contributed by atoms with Crippen molar-refractivity contribution in [3.05, 3.63) is 58.9 Å². The zero-order chi connectivity index (χ0) is 19.7. The van der Waals surface area contributed by atoms with Crippen LogP contribution in [0.3, 0.4) is 0 Å². The fourth-order valence-corrected chi connectivity index (χ4v) is 3.27. The van der Waals surface area contributed by atoms with Crippen LogP contribution in [0.2, 0.25) is 0 Å². The molecule has 0 saturated heterocycles. The molecule has 0 bridgehead atoms. The molecule has 1 aromatic heterocycles. The van der Waals surface area contributed by atoms with Crippen LogP contribution in [0.15, 0.2) is 36.4 Å². The zero-order valence-electron chi connectivity index (χ0n) is 16.1. The average Bonchev–Trinajstić information content (AvgIpc) is 2.95. The summed E-state index contributed by atoms with van der Waals surface area (Å²) in [4.78, 5) is 18.6. The summed E-state index contributed by atoms with van der Waals surface area (Å²) in [6, 6.07) is 11.2. The number of phenolic OH excluding ortho intramolecular Hbond substituents is 1. The molecule has 2 N–H and O–H groups in total. The van der Waals surface area contributed by atoms with Crippen LogP contribution in [0.1, 0.15) is 39.8 Å². The third-order valence-corrected chi connectivity index (χ3v) is 4.97. The Bertz CT molecular complexity index is 977. The third kappa shape index (κ3) is 3.53. The number of fused-ring (bicyclic) bond motifs is 1. The molecule has 142 valence electrons. The Kier molecular flexibility index (Phi) is 5.19. The van der Waals surface area contributed by atoms with Gasteiger partial charge < -0.3 is 19.7 Å². The summed E-state index contributed by atoms with van der Waals surface area (Å²) in [5, 5.41) is 21.3. The maximum absolute atomic E-state index is 12.7. The van der Waals surface area contributed by atoms with Gasteiger partial charge in [0.25, 0.3) is 5.91 Å². The molecule has 0 unspecified atom stereocenters. The third-order valence-electron chi connectivity index (χ3n) is 4.97. The van der Waals surface area contributed by atoms with Crippen LogP contribution < -0.4 is 0 Å². The fraction of sp³-hybridized carbons (Fsp3) is 0.333. The van der Waals surface area contributed by atoms with Gasteiger partial charge in [0.05, 0.1) is 11.6 Å². The number of carbonyl (C=O) groups is 1. The first-order chi connectivity index (χ1) is 12.8. The molecule has 0 aliphatic rings. The van der Waals surface area contributed by atoms with Gasteiger partial charge in [0, 0.05) is 32.3 Å². The molecule has 1 amide bonds. The molecule has 0 spiro atoms. The first kappa shape index (κ1) is 18.9. The van der Waals surface area contributed by atoms with Gasteiger partial charge in [-0.05, 0) is 31.4 Å². The molecule has 0 saturated carbocycles. The largest absolute Gasteiger partial charge is 0.505 e. The van der Waals surface area contributed by atoms with Crippen LogP contribution >= 0.6 is 0 Å². The van der Waals surface area contributed by atoms with Crippen molar-refractivity contribution in [2.75, 3.05) is 14.1 Å². The number of aromatic hydroxyl groups is 1. The second-order valence-corrected chi connectivity index (χ2v) is 7.00. The molecule has 1 heterocycles. The van der Waals surface area contributed by atoms with Crippen molar-refractivity contribution in [1.82, 2.24) is 14.5 Å². The van der Waals surface area contributed by atoms with Crippen LogP contribution in [-0.4, -0.2) is 44.7 Å². The number of nitrogens with zero attached hydrogens (tertiary/aromatic N) is 3. The summed E-state index contributed by atoms with van der Waals surface area (Å²) in [7, 11) is 5.22. The van der Waals surface area contributed by atoms with Crippen molar-refractivity contribution in [2.24, 2.45) is 7.05 Å². The number of aliphatic hydroxyl groups excluding tert-OH is 1. The van der Waals surface area contributed by atoms with Gasteiger partial charge in [-0.3, -0.25) is 4.79 Å². The minimum Gasteiger partial charge on any atom is -0.505 e. The smallest absolute Gasteiger partial charge is 0.253 e. The molecule has 0 aliphatic heterocycles. The molecule has 0 aliphatic carbocycles. The molecular weight excluding hydrogens is 342 g/mol. The van der Waals surface area contributed by atoms with Gasteiger partial charge in [0.15, 0.2) is 0 Å². The highest BCUT2D eigenvalue weighted by molar-refractivity contribution is 6.01. The number of rotatable bonds is 5. The van der Waals surface area contributed by atoms with Crippen molar-refractivity contribution in [3.63, 3.8) is 0 Å². The van der Waals surface area contributed by atoms with Crippen molar-refractivity contribution in [2.45, 2.75) is 25.9 Å². The molecule has 0 fully saturated rings. The predicted octanol–water partition coefficient (Wildman–Crippen LogP) is 2.96. The van der Waals surface area contributed by atoms with E-state index in [2.05, 4.69) is 4.98 Å². The Morgan fingerprint density at radius 2 is 1.93 bits per heavy atom. The lowest BCUT2D eigenvalue weighted by molar-refractivity contribution is 0.0825. The highest BCUT2D eigenvalue weighted by Gasteiger charge is 2.23. The van der Waals surface area contributed by atoms with Gasteiger partial charge in [-0.2, -0.15) is 0 Å². The summed E-state index contributed by atoms with van der Waals surface area (Å²) in [5.74, 6) is 0.585. The van der Waals surface area contributed by atoms with E-state index in [1.165, 1.54) is 4.90 Å². The Labute approximate surface area is 158 Å². The number of hydrogen-bond donors (Lipinski definition) is 2. The number of carbonyl (C=O) groups excluding carboxylic acids is 1. The normalized spacial score (nSPS) is 12.3. The fourth-order valence-electron chi connectivity index (χ4n) is 3.27. The maximum atomic E-state index is 12.7. The lowest BCUT2D eigenvalue weighted by Gasteiger charge is -2.17. The highest BCUT2D eigenvalue weighted by atomic mass is 16.3. The zero-order valence-corrected chi connectivity index (χ0v) is 16.1. The quantitative estimate of drug-likeness (QED) is 0.727. The molecule has 6 heteroatoms. The van der Waals surface area contributed by atoms with E-state index in [0.29, 0.717) is 35.0 Å². The van der Waals surface area contributed by atoms with Crippen LogP contribution in [0.5, 0.6) is 5.75 Å². The van der Waals surface area contributed by atoms with Crippen molar-refractivity contribution in [3.8, 4) is 5.75 Å². The number of aryl methyl sites for hydroxylation is 2. The number of hydrogen-bond acceptors (Lipinski definition) is 4. The van der Waals surface area contributed by atoms with E-state index in [1.807, 2.05) is 48.9 Å². The Hall–Kier alpha value is -2.86. The Balaban J connectivity index is 2.03.